The molecule has 0 fully saturated rings. The maximum Gasteiger partial charge on any atom is 0.142 e. The van der Waals surface area contributed by atoms with E-state index in [1.807, 2.05) is 30.6 Å². The fourth-order valence-corrected chi connectivity index (χ4v) is 2.74. The molecule has 2 aromatic rings. The molecule has 0 aliphatic carbocycles. The summed E-state index contributed by atoms with van der Waals surface area (Å²) in [6.07, 6.45) is 0. The summed E-state index contributed by atoms with van der Waals surface area (Å²) >= 11 is 7.59. The van der Waals surface area contributed by atoms with Crippen LogP contribution >= 0.6 is 22.9 Å². The third-order valence-corrected chi connectivity index (χ3v) is 3.74. The third kappa shape index (κ3) is 2.12. The van der Waals surface area contributed by atoms with E-state index in [4.69, 9.17) is 11.6 Å². The van der Waals surface area contributed by atoms with Gasteiger partial charge < -0.3 is 5.32 Å². The van der Waals surface area contributed by atoms with Crippen LogP contribution in [-0.2, 0) is 0 Å². The second kappa shape index (κ2) is 4.95. The molecule has 0 radical (unpaired) electrons. The number of hydrogen-bond acceptors (Lipinski definition) is 2. The van der Waals surface area contributed by atoms with Crippen molar-refractivity contribution in [3.63, 3.8) is 0 Å². The van der Waals surface area contributed by atoms with Crippen LogP contribution in [0.3, 0.4) is 0 Å². The van der Waals surface area contributed by atoms with Crippen LogP contribution in [-0.4, -0.2) is 7.05 Å². The minimum Gasteiger partial charge on any atom is -0.309 e. The topological polar surface area (TPSA) is 12.0 Å². The van der Waals surface area contributed by atoms with Crippen molar-refractivity contribution >= 4 is 22.9 Å². The SMILES string of the molecule is CNC(c1cccs1)c1cccc(F)c1Cl. The molecule has 1 nitrogen and oxygen atoms in total. The van der Waals surface area contributed by atoms with Crippen molar-refractivity contribution in [2.24, 2.45) is 0 Å². The molecular formula is C12H11ClFNS. The summed E-state index contributed by atoms with van der Waals surface area (Å²) in [5, 5.41) is 5.33. The van der Waals surface area contributed by atoms with Crippen LogP contribution in [0, 0.1) is 5.82 Å². The highest BCUT2D eigenvalue weighted by Crippen LogP contribution is 2.31. The molecule has 1 heterocycles. The maximum absolute atomic E-state index is 13.4. The number of halogens is 2. The Bertz CT molecular complexity index is 470. The number of thiophene rings is 1. The Morgan fingerprint density at radius 2 is 2.12 bits per heavy atom. The van der Waals surface area contributed by atoms with Gasteiger partial charge in [-0.1, -0.05) is 29.8 Å². The van der Waals surface area contributed by atoms with Gasteiger partial charge in [-0.05, 0) is 30.1 Å². The average Bonchev–Trinajstić information content (AvgIpc) is 2.79. The first-order chi connectivity index (χ1) is 7.74. The number of benzene rings is 1. The van der Waals surface area contributed by atoms with Gasteiger partial charge in [-0.15, -0.1) is 11.3 Å². The van der Waals surface area contributed by atoms with Crippen LogP contribution in [0.5, 0.6) is 0 Å². The first-order valence-corrected chi connectivity index (χ1v) is 6.14. The Labute approximate surface area is 103 Å². The molecule has 0 aliphatic rings. The van der Waals surface area contributed by atoms with Gasteiger partial charge in [0.1, 0.15) is 5.82 Å². The van der Waals surface area contributed by atoms with Gasteiger partial charge in [0.25, 0.3) is 0 Å². The summed E-state index contributed by atoms with van der Waals surface area (Å²) in [4.78, 5) is 1.12. The first kappa shape index (κ1) is 11.6. The molecule has 4 heteroatoms. The molecule has 1 aromatic carbocycles. The Balaban J connectivity index is 2.45. The van der Waals surface area contributed by atoms with Gasteiger partial charge in [0.05, 0.1) is 11.1 Å². The van der Waals surface area contributed by atoms with E-state index in [0.29, 0.717) is 0 Å². The lowest BCUT2D eigenvalue weighted by Crippen LogP contribution is -2.17. The predicted octanol–water partition coefficient (Wildman–Crippen LogP) is 3.85. The molecule has 0 amide bonds. The van der Waals surface area contributed by atoms with E-state index >= 15 is 0 Å². The van der Waals surface area contributed by atoms with Crippen LogP contribution in [0.25, 0.3) is 0 Å². The predicted molar refractivity (Wildman–Crippen MR) is 66.6 cm³/mol. The molecule has 0 saturated heterocycles. The van der Waals surface area contributed by atoms with Crippen molar-refractivity contribution < 1.29 is 4.39 Å². The molecule has 84 valence electrons. The Hall–Kier alpha value is -0.900. The standard InChI is InChI=1S/C12H11ClFNS/c1-15-12(10-6-3-7-16-10)8-4-2-5-9(14)11(8)13/h2-7,12,15H,1H3. The summed E-state index contributed by atoms with van der Waals surface area (Å²) in [5.74, 6) is -0.379. The highest BCUT2D eigenvalue weighted by Gasteiger charge is 2.17. The number of hydrogen-bond donors (Lipinski definition) is 1. The van der Waals surface area contributed by atoms with E-state index in [2.05, 4.69) is 5.32 Å². The van der Waals surface area contributed by atoms with E-state index in [0.717, 1.165) is 10.4 Å². The molecule has 1 atom stereocenters. The van der Waals surface area contributed by atoms with Gasteiger partial charge in [0.15, 0.2) is 0 Å². The highest BCUT2D eigenvalue weighted by atomic mass is 35.5. The highest BCUT2D eigenvalue weighted by molar-refractivity contribution is 7.10. The van der Waals surface area contributed by atoms with Crippen LogP contribution in [0.4, 0.5) is 4.39 Å². The van der Waals surface area contributed by atoms with Crippen LogP contribution in [0.1, 0.15) is 16.5 Å². The van der Waals surface area contributed by atoms with Gasteiger partial charge >= 0.3 is 0 Å². The third-order valence-electron chi connectivity index (χ3n) is 2.41. The summed E-state index contributed by atoms with van der Waals surface area (Å²) in [7, 11) is 1.84. The van der Waals surface area contributed by atoms with E-state index in [9.17, 15) is 4.39 Å². The van der Waals surface area contributed by atoms with Crippen LogP contribution in [0.15, 0.2) is 35.7 Å². The van der Waals surface area contributed by atoms with E-state index in [1.54, 1.807) is 17.4 Å². The molecule has 1 N–H and O–H groups in total. The fraction of sp³-hybridized carbons (Fsp3) is 0.167. The maximum atomic E-state index is 13.4. The summed E-state index contributed by atoms with van der Waals surface area (Å²) in [5.41, 5.74) is 0.770. The van der Waals surface area contributed by atoms with Gasteiger partial charge in [-0.2, -0.15) is 0 Å². The molecule has 1 aromatic heterocycles. The smallest absolute Gasteiger partial charge is 0.142 e. The zero-order chi connectivity index (χ0) is 11.5. The summed E-state index contributed by atoms with van der Waals surface area (Å²) in [6, 6.07) is 8.81. The normalized spacial score (nSPS) is 12.7. The van der Waals surface area contributed by atoms with Crippen molar-refractivity contribution in [1.29, 1.82) is 0 Å². The molecular weight excluding hydrogens is 245 g/mol. The van der Waals surface area contributed by atoms with Crippen molar-refractivity contribution in [2.75, 3.05) is 7.05 Å². The van der Waals surface area contributed by atoms with E-state index in [1.165, 1.54) is 6.07 Å². The van der Waals surface area contributed by atoms with Crippen LogP contribution < -0.4 is 5.32 Å². The lowest BCUT2D eigenvalue weighted by molar-refractivity contribution is 0.618. The lowest BCUT2D eigenvalue weighted by Gasteiger charge is -2.16. The molecule has 16 heavy (non-hydrogen) atoms. The largest absolute Gasteiger partial charge is 0.309 e. The second-order valence-electron chi connectivity index (χ2n) is 3.38. The van der Waals surface area contributed by atoms with Gasteiger partial charge in [0.2, 0.25) is 0 Å². The minimum atomic E-state index is -0.379. The van der Waals surface area contributed by atoms with Gasteiger partial charge in [-0.3, -0.25) is 0 Å². The summed E-state index contributed by atoms with van der Waals surface area (Å²) < 4.78 is 13.4. The summed E-state index contributed by atoms with van der Waals surface area (Å²) in [6.45, 7) is 0. The molecule has 2 rings (SSSR count). The fourth-order valence-electron chi connectivity index (χ4n) is 1.65. The number of rotatable bonds is 3. The molecule has 0 aliphatic heterocycles. The molecule has 0 spiro atoms. The Morgan fingerprint density at radius 1 is 1.31 bits per heavy atom. The van der Waals surface area contributed by atoms with Crippen molar-refractivity contribution in [3.8, 4) is 0 Å². The van der Waals surface area contributed by atoms with E-state index in [-0.39, 0.29) is 16.9 Å². The van der Waals surface area contributed by atoms with Gasteiger partial charge in [-0.25, -0.2) is 4.39 Å². The first-order valence-electron chi connectivity index (χ1n) is 4.88. The Morgan fingerprint density at radius 3 is 2.75 bits per heavy atom. The lowest BCUT2D eigenvalue weighted by atomic mass is 10.1. The Kier molecular flexibility index (Phi) is 3.59. The second-order valence-corrected chi connectivity index (χ2v) is 4.74. The molecule has 0 saturated carbocycles. The molecule has 1 unspecified atom stereocenters. The van der Waals surface area contributed by atoms with Crippen molar-refractivity contribution in [1.82, 2.24) is 5.32 Å². The monoisotopic (exact) mass is 255 g/mol. The minimum absolute atomic E-state index is 0.0526. The zero-order valence-corrected chi connectivity index (χ0v) is 10.3. The van der Waals surface area contributed by atoms with Crippen molar-refractivity contribution in [3.05, 3.63) is 57.0 Å². The zero-order valence-electron chi connectivity index (χ0n) is 8.71. The van der Waals surface area contributed by atoms with Gasteiger partial charge in [0, 0.05) is 4.88 Å². The number of nitrogens with one attached hydrogen (secondary N) is 1. The molecule has 0 bridgehead atoms. The van der Waals surface area contributed by atoms with Crippen molar-refractivity contribution in [2.45, 2.75) is 6.04 Å². The van der Waals surface area contributed by atoms with Crippen LogP contribution in [0.2, 0.25) is 5.02 Å². The quantitative estimate of drug-likeness (QED) is 0.879. The average molecular weight is 256 g/mol. The van der Waals surface area contributed by atoms with E-state index < -0.39 is 0 Å².